The molecule has 0 amide bonds. The van der Waals surface area contributed by atoms with Gasteiger partial charge in [-0.2, -0.15) is 0 Å². The van der Waals surface area contributed by atoms with Gasteiger partial charge in [0.05, 0.1) is 13.2 Å². The van der Waals surface area contributed by atoms with Crippen molar-refractivity contribution in [3.8, 4) is 0 Å². The largest absolute Gasteiger partial charge is 0.382 e. The van der Waals surface area contributed by atoms with Crippen LogP contribution in [0.1, 0.15) is 0 Å². The molecule has 0 radical (unpaired) electrons. The molecule has 0 aliphatic heterocycles. The molecule has 0 rings (SSSR count). The zero-order valence-electron chi connectivity index (χ0n) is 5.13. The summed E-state index contributed by atoms with van der Waals surface area (Å²) in [5, 5.41) is 12.0. The Kier molecular flexibility index (Phi) is 21.3. The lowest BCUT2D eigenvalue weighted by molar-refractivity contribution is -0.176. The minimum atomic E-state index is 0.691. The summed E-state index contributed by atoms with van der Waals surface area (Å²) in [5.74, 6) is 0. The predicted octanol–water partition coefficient (Wildman–Crippen LogP) is 0.297. The van der Waals surface area contributed by atoms with Gasteiger partial charge in [-0.1, -0.05) is 0 Å². The molecule has 8 heavy (non-hydrogen) atoms. The van der Waals surface area contributed by atoms with Crippen LogP contribution in [0.3, 0.4) is 0 Å². The Bertz CT molecular complexity index is 20.0. The molecule has 0 spiro atoms. The minimum absolute atomic E-state index is 0.691. The number of rotatable bonds is 3. The number of ether oxygens (including phenoxy) is 2. The lowest BCUT2D eigenvalue weighted by atomic mass is 10.8. The van der Waals surface area contributed by atoms with Crippen LogP contribution in [0.5, 0.6) is 0 Å². The van der Waals surface area contributed by atoms with Gasteiger partial charge < -0.3 is 9.47 Å². The first-order chi connectivity index (χ1) is 3.91. The smallest absolute Gasteiger partial charge is 0.0696 e. The molecule has 0 unspecified atom stereocenters. The molecule has 0 aromatic heterocycles. The molecule has 4 nitrogen and oxygen atoms in total. The zero-order valence-corrected chi connectivity index (χ0v) is 5.13. The zero-order chi connectivity index (χ0) is 6.83. The Morgan fingerprint density at radius 1 is 1.00 bits per heavy atom. The van der Waals surface area contributed by atoms with Crippen LogP contribution in [0.2, 0.25) is 0 Å². The first-order valence-electron chi connectivity index (χ1n) is 2.09. The predicted molar refractivity (Wildman–Crippen MR) is 29.0 cm³/mol. The van der Waals surface area contributed by atoms with Crippen LogP contribution in [-0.4, -0.2) is 37.9 Å². The normalized spacial score (nSPS) is 7.50. The van der Waals surface area contributed by atoms with Gasteiger partial charge in [-0.3, -0.25) is 10.5 Å². The van der Waals surface area contributed by atoms with Gasteiger partial charge >= 0.3 is 0 Å². The molecule has 0 aromatic carbocycles. The van der Waals surface area contributed by atoms with Crippen LogP contribution < -0.4 is 0 Å². The van der Waals surface area contributed by atoms with Crippen LogP contribution in [0.15, 0.2) is 0 Å². The first-order valence-corrected chi connectivity index (χ1v) is 2.09. The molecule has 4 heteroatoms. The maximum atomic E-state index is 6.00. The second-order valence-corrected chi connectivity index (χ2v) is 0.986. The highest BCUT2D eigenvalue weighted by Gasteiger charge is 1.73. The van der Waals surface area contributed by atoms with E-state index in [0.29, 0.717) is 13.2 Å². The van der Waals surface area contributed by atoms with Crippen molar-refractivity contribution in [1.82, 2.24) is 0 Å². The van der Waals surface area contributed by atoms with Crippen molar-refractivity contribution in [3.05, 3.63) is 0 Å². The monoisotopic (exact) mass is 124 g/mol. The van der Waals surface area contributed by atoms with Crippen molar-refractivity contribution in [1.29, 1.82) is 0 Å². The summed E-state index contributed by atoms with van der Waals surface area (Å²) in [5.41, 5.74) is 0. The van der Waals surface area contributed by atoms with Crippen molar-refractivity contribution in [2.75, 3.05) is 27.4 Å². The Morgan fingerprint density at radius 3 is 1.38 bits per heavy atom. The van der Waals surface area contributed by atoms with E-state index in [9.17, 15) is 0 Å². The molecule has 0 aliphatic carbocycles. The van der Waals surface area contributed by atoms with Gasteiger partial charge in [0, 0.05) is 14.2 Å². The fraction of sp³-hybridized carbons (Fsp3) is 1.00. The summed E-state index contributed by atoms with van der Waals surface area (Å²) >= 11 is 0. The van der Waals surface area contributed by atoms with E-state index in [4.69, 9.17) is 10.5 Å². The molecule has 0 fully saturated rings. The summed E-state index contributed by atoms with van der Waals surface area (Å²) in [6.07, 6.45) is 0. The quantitative estimate of drug-likeness (QED) is 0.322. The van der Waals surface area contributed by atoms with Crippen LogP contribution >= 0.6 is 0 Å². The van der Waals surface area contributed by atoms with E-state index in [-0.39, 0.29) is 0 Å². The van der Waals surface area contributed by atoms with E-state index in [1.807, 2.05) is 0 Å². The third-order valence-electron chi connectivity index (χ3n) is 0.492. The second kappa shape index (κ2) is 15.8. The standard InChI is InChI=1S/C4H10O2.H2O2/c1-5-3-4-6-2;1-2/h3-4H2,1-2H3;1-2H. The number of hydrogen-bond donors (Lipinski definition) is 2. The Balaban J connectivity index is 0. The number of methoxy groups -OCH3 is 2. The van der Waals surface area contributed by atoms with Gasteiger partial charge in [-0.05, 0) is 0 Å². The third kappa shape index (κ3) is 17.0. The fourth-order valence-corrected chi connectivity index (χ4v) is 0.167. The Hall–Kier alpha value is -0.160. The van der Waals surface area contributed by atoms with Crippen LogP contribution in [-0.2, 0) is 9.47 Å². The summed E-state index contributed by atoms with van der Waals surface area (Å²) in [6, 6.07) is 0. The van der Waals surface area contributed by atoms with E-state index >= 15 is 0 Å². The van der Waals surface area contributed by atoms with Gasteiger partial charge in [-0.25, -0.2) is 0 Å². The highest BCUT2D eigenvalue weighted by Crippen LogP contribution is 1.65. The Morgan fingerprint density at radius 2 is 1.25 bits per heavy atom. The highest BCUT2D eigenvalue weighted by atomic mass is 17.0. The van der Waals surface area contributed by atoms with Crippen molar-refractivity contribution in [2.45, 2.75) is 0 Å². The van der Waals surface area contributed by atoms with E-state index in [1.54, 1.807) is 14.2 Å². The molecule has 0 saturated heterocycles. The fourth-order valence-electron chi connectivity index (χ4n) is 0.167. The lowest BCUT2D eigenvalue weighted by Gasteiger charge is -1.91. The molecule has 0 saturated carbocycles. The average molecular weight is 124 g/mol. The van der Waals surface area contributed by atoms with Crippen LogP contribution in [0.4, 0.5) is 0 Å². The molecule has 0 heterocycles. The summed E-state index contributed by atoms with van der Waals surface area (Å²) in [6.45, 7) is 1.38. The summed E-state index contributed by atoms with van der Waals surface area (Å²) < 4.78 is 9.31. The van der Waals surface area contributed by atoms with E-state index < -0.39 is 0 Å². The third-order valence-corrected chi connectivity index (χ3v) is 0.492. The van der Waals surface area contributed by atoms with Gasteiger partial charge in [0.2, 0.25) is 0 Å². The topological polar surface area (TPSA) is 58.9 Å². The van der Waals surface area contributed by atoms with E-state index in [2.05, 4.69) is 9.47 Å². The molecule has 0 aromatic rings. The maximum Gasteiger partial charge on any atom is 0.0696 e. The van der Waals surface area contributed by atoms with Crippen molar-refractivity contribution >= 4 is 0 Å². The lowest BCUT2D eigenvalue weighted by Crippen LogP contribution is -1.96. The first kappa shape index (κ1) is 10.8. The highest BCUT2D eigenvalue weighted by molar-refractivity contribution is 4.17. The van der Waals surface area contributed by atoms with Gasteiger partial charge in [0.25, 0.3) is 0 Å². The SMILES string of the molecule is COCCOC.OO. The van der Waals surface area contributed by atoms with Gasteiger partial charge in [-0.15, -0.1) is 0 Å². The summed E-state index contributed by atoms with van der Waals surface area (Å²) in [7, 11) is 3.30. The van der Waals surface area contributed by atoms with Gasteiger partial charge in [0.15, 0.2) is 0 Å². The van der Waals surface area contributed by atoms with Gasteiger partial charge in [0.1, 0.15) is 0 Å². The van der Waals surface area contributed by atoms with Crippen LogP contribution in [0, 0.1) is 0 Å². The van der Waals surface area contributed by atoms with Crippen molar-refractivity contribution in [3.63, 3.8) is 0 Å². The van der Waals surface area contributed by atoms with E-state index in [0.717, 1.165) is 0 Å². The molecule has 2 N–H and O–H groups in total. The molecule has 0 aliphatic rings. The van der Waals surface area contributed by atoms with E-state index in [1.165, 1.54) is 0 Å². The number of hydrogen-bond acceptors (Lipinski definition) is 4. The van der Waals surface area contributed by atoms with Crippen LogP contribution in [0.25, 0.3) is 0 Å². The average Bonchev–Trinajstić information content (AvgIpc) is 1.88. The van der Waals surface area contributed by atoms with Crippen molar-refractivity contribution < 1.29 is 20.0 Å². The maximum absolute atomic E-state index is 6.00. The molecular weight excluding hydrogens is 112 g/mol. The molecule has 0 atom stereocenters. The minimum Gasteiger partial charge on any atom is -0.382 e. The molecular formula is C4H12O4. The second-order valence-electron chi connectivity index (χ2n) is 0.986. The summed E-state index contributed by atoms with van der Waals surface area (Å²) in [4.78, 5) is 0. The molecule has 0 bridgehead atoms. The van der Waals surface area contributed by atoms with Crippen molar-refractivity contribution in [2.24, 2.45) is 0 Å². The molecule has 52 valence electrons. The Labute approximate surface area is 48.6 Å².